The molecule has 1 N–H and O–H groups in total. The van der Waals surface area contributed by atoms with Crippen molar-refractivity contribution in [2.45, 2.75) is 63.6 Å². The quantitative estimate of drug-likeness (QED) is 0.725. The standard InChI is InChI=1S/C22H28OS/c1-14-6-8-18(16(3)10-14)20-12-22(5,23)13-21(24-20)19-9-7-15(2)11-17(19)4/h6-11,20-21,23H,12-13H2,1-5H3/t20-,21-/m0/s1. The summed E-state index contributed by atoms with van der Waals surface area (Å²) in [5.74, 6) is 0. The Hall–Kier alpha value is -1.25. The van der Waals surface area contributed by atoms with Crippen molar-refractivity contribution in [2.24, 2.45) is 0 Å². The number of thioether (sulfide) groups is 1. The van der Waals surface area contributed by atoms with E-state index in [9.17, 15) is 5.11 Å². The third-order valence-electron chi connectivity index (χ3n) is 5.12. The molecule has 0 radical (unpaired) electrons. The van der Waals surface area contributed by atoms with Crippen molar-refractivity contribution in [3.63, 3.8) is 0 Å². The minimum Gasteiger partial charge on any atom is -0.390 e. The van der Waals surface area contributed by atoms with Gasteiger partial charge in [-0.3, -0.25) is 0 Å². The van der Waals surface area contributed by atoms with Crippen molar-refractivity contribution in [2.75, 3.05) is 0 Å². The van der Waals surface area contributed by atoms with Gasteiger partial charge >= 0.3 is 0 Å². The Balaban J connectivity index is 1.95. The molecule has 1 aliphatic rings. The molecule has 128 valence electrons. The summed E-state index contributed by atoms with van der Waals surface area (Å²) in [6.45, 7) is 10.7. The predicted octanol–water partition coefficient (Wildman–Crippen LogP) is 5.98. The van der Waals surface area contributed by atoms with E-state index < -0.39 is 5.60 Å². The Morgan fingerprint density at radius 3 is 1.62 bits per heavy atom. The van der Waals surface area contributed by atoms with Gasteiger partial charge in [0, 0.05) is 10.5 Å². The fourth-order valence-electron chi connectivity index (χ4n) is 3.92. The van der Waals surface area contributed by atoms with Gasteiger partial charge in [-0.05, 0) is 69.7 Å². The Morgan fingerprint density at radius 1 is 0.833 bits per heavy atom. The Bertz CT molecular complexity index is 686. The minimum atomic E-state index is -0.616. The molecule has 24 heavy (non-hydrogen) atoms. The molecule has 1 fully saturated rings. The summed E-state index contributed by atoms with van der Waals surface area (Å²) in [5, 5.41) is 11.6. The third-order valence-corrected chi connectivity index (χ3v) is 6.62. The van der Waals surface area contributed by atoms with Crippen LogP contribution in [0.15, 0.2) is 36.4 Å². The molecule has 0 saturated carbocycles. The van der Waals surface area contributed by atoms with Gasteiger partial charge in [0.2, 0.25) is 0 Å². The zero-order valence-corrected chi connectivity index (χ0v) is 16.2. The Morgan fingerprint density at radius 2 is 1.25 bits per heavy atom. The van der Waals surface area contributed by atoms with Gasteiger partial charge in [-0.15, -0.1) is 11.8 Å². The summed E-state index contributed by atoms with van der Waals surface area (Å²) >= 11 is 2.02. The molecule has 2 atom stereocenters. The van der Waals surface area contributed by atoms with Crippen LogP contribution in [0.25, 0.3) is 0 Å². The zero-order valence-electron chi connectivity index (χ0n) is 15.4. The molecule has 0 unspecified atom stereocenters. The lowest BCUT2D eigenvalue weighted by molar-refractivity contribution is 0.0364. The first-order valence-electron chi connectivity index (χ1n) is 8.77. The van der Waals surface area contributed by atoms with E-state index in [0.717, 1.165) is 12.8 Å². The van der Waals surface area contributed by atoms with Crippen molar-refractivity contribution < 1.29 is 5.11 Å². The summed E-state index contributed by atoms with van der Waals surface area (Å²) in [6.07, 6.45) is 1.64. The van der Waals surface area contributed by atoms with Crippen LogP contribution in [0.5, 0.6) is 0 Å². The van der Waals surface area contributed by atoms with Crippen molar-refractivity contribution >= 4 is 11.8 Å². The number of benzene rings is 2. The maximum Gasteiger partial charge on any atom is 0.0647 e. The Kier molecular flexibility index (Phi) is 4.81. The summed E-state index contributed by atoms with van der Waals surface area (Å²) in [4.78, 5) is 0. The van der Waals surface area contributed by atoms with Gasteiger partial charge in [0.05, 0.1) is 5.60 Å². The molecule has 0 aliphatic carbocycles. The van der Waals surface area contributed by atoms with Crippen LogP contribution in [0.1, 0.15) is 63.6 Å². The number of hydrogen-bond donors (Lipinski definition) is 1. The van der Waals surface area contributed by atoms with Crippen molar-refractivity contribution in [1.82, 2.24) is 0 Å². The molecule has 1 nitrogen and oxygen atoms in total. The van der Waals surface area contributed by atoms with E-state index in [2.05, 4.69) is 64.1 Å². The maximum absolute atomic E-state index is 10.9. The highest BCUT2D eigenvalue weighted by molar-refractivity contribution is 7.99. The topological polar surface area (TPSA) is 20.2 Å². The lowest BCUT2D eigenvalue weighted by Gasteiger charge is -2.40. The van der Waals surface area contributed by atoms with Crippen LogP contribution in [0.4, 0.5) is 0 Å². The van der Waals surface area contributed by atoms with Crippen molar-refractivity contribution in [3.05, 3.63) is 69.8 Å². The molecule has 1 heterocycles. The largest absolute Gasteiger partial charge is 0.390 e. The summed E-state index contributed by atoms with van der Waals surface area (Å²) in [6, 6.07) is 13.4. The van der Waals surface area contributed by atoms with Crippen LogP contribution in [-0.4, -0.2) is 10.7 Å². The smallest absolute Gasteiger partial charge is 0.0647 e. The molecule has 2 aromatic rings. The van der Waals surface area contributed by atoms with Gasteiger partial charge in [0.25, 0.3) is 0 Å². The van der Waals surface area contributed by atoms with Crippen LogP contribution < -0.4 is 0 Å². The molecular weight excluding hydrogens is 312 g/mol. The third kappa shape index (κ3) is 3.70. The highest BCUT2D eigenvalue weighted by Crippen LogP contribution is 2.54. The van der Waals surface area contributed by atoms with Gasteiger partial charge in [-0.25, -0.2) is 0 Å². The monoisotopic (exact) mass is 340 g/mol. The lowest BCUT2D eigenvalue weighted by atomic mass is 9.87. The normalized spacial score (nSPS) is 27.2. The van der Waals surface area contributed by atoms with Gasteiger partial charge in [0.1, 0.15) is 0 Å². The summed E-state index contributed by atoms with van der Waals surface area (Å²) in [5.41, 5.74) is 7.41. The van der Waals surface area contributed by atoms with Crippen molar-refractivity contribution in [1.29, 1.82) is 0 Å². The molecule has 0 amide bonds. The Labute approximate surface area is 150 Å². The average molecular weight is 341 g/mol. The van der Waals surface area contributed by atoms with Crippen LogP contribution >= 0.6 is 11.8 Å². The highest BCUT2D eigenvalue weighted by Gasteiger charge is 2.38. The van der Waals surface area contributed by atoms with Crippen molar-refractivity contribution in [3.8, 4) is 0 Å². The van der Waals surface area contributed by atoms with E-state index in [0.29, 0.717) is 10.5 Å². The number of hydrogen-bond acceptors (Lipinski definition) is 2. The summed E-state index contributed by atoms with van der Waals surface area (Å²) in [7, 11) is 0. The molecule has 0 bridgehead atoms. The van der Waals surface area contributed by atoms with Gasteiger partial charge in [-0.1, -0.05) is 47.5 Å². The average Bonchev–Trinajstić information content (AvgIpc) is 2.45. The van der Waals surface area contributed by atoms with Gasteiger partial charge < -0.3 is 5.11 Å². The fourth-order valence-corrected chi connectivity index (χ4v) is 6.05. The van der Waals surface area contributed by atoms with E-state index >= 15 is 0 Å². The summed E-state index contributed by atoms with van der Waals surface area (Å²) < 4.78 is 0. The van der Waals surface area contributed by atoms with Gasteiger partial charge in [0.15, 0.2) is 0 Å². The first kappa shape index (κ1) is 17.6. The second kappa shape index (κ2) is 6.57. The highest BCUT2D eigenvalue weighted by atomic mass is 32.2. The molecule has 3 rings (SSSR count). The van der Waals surface area contributed by atoms with Crippen LogP contribution in [-0.2, 0) is 0 Å². The molecule has 1 aliphatic heterocycles. The number of aryl methyl sites for hydroxylation is 4. The van der Waals surface area contributed by atoms with Crippen LogP contribution in [0.3, 0.4) is 0 Å². The van der Waals surface area contributed by atoms with E-state index in [1.54, 1.807) is 0 Å². The first-order valence-corrected chi connectivity index (χ1v) is 9.71. The van der Waals surface area contributed by atoms with Crippen LogP contribution in [0, 0.1) is 27.7 Å². The molecule has 1 saturated heterocycles. The molecule has 2 heteroatoms. The number of aliphatic hydroxyl groups is 1. The zero-order chi connectivity index (χ0) is 17.5. The van der Waals surface area contributed by atoms with Gasteiger partial charge in [-0.2, -0.15) is 0 Å². The minimum absolute atomic E-state index is 0.347. The molecule has 2 aromatic carbocycles. The maximum atomic E-state index is 10.9. The molecule has 0 aromatic heterocycles. The van der Waals surface area contributed by atoms with E-state index in [4.69, 9.17) is 0 Å². The number of rotatable bonds is 2. The molecular formula is C22H28OS. The molecule has 0 spiro atoms. The van der Waals surface area contributed by atoms with E-state index in [-0.39, 0.29) is 0 Å². The lowest BCUT2D eigenvalue weighted by Crippen LogP contribution is -2.32. The van der Waals surface area contributed by atoms with Crippen LogP contribution in [0.2, 0.25) is 0 Å². The second-order valence-corrected chi connectivity index (χ2v) is 9.15. The van der Waals surface area contributed by atoms with E-state index in [1.807, 2.05) is 18.7 Å². The predicted molar refractivity (Wildman–Crippen MR) is 105 cm³/mol. The SMILES string of the molecule is Cc1ccc([C@@H]2CC(C)(O)C[C@@H](c3ccc(C)cc3C)S2)c(C)c1. The first-order chi connectivity index (χ1) is 11.2. The second-order valence-electron chi connectivity index (χ2n) is 7.74. The fraction of sp³-hybridized carbons (Fsp3) is 0.455. The van der Waals surface area contributed by atoms with E-state index in [1.165, 1.54) is 33.4 Å².